The number of methoxy groups -OCH3 is 1. The lowest BCUT2D eigenvalue weighted by molar-refractivity contribution is 0.0946. The average molecular weight is 397 g/mol. The van der Waals surface area contributed by atoms with Crippen molar-refractivity contribution in [3.8, 4) is 11.5 Å². The van der Waals surface area contributed by atoms with Crippen LogP contribution in [-0.2, 0) is 0 Å². The van der Waals surface area contributed by atoms with Gasteiger partial charge in [0.15, 0.2) is 0 Å². The normalized spacial score (nSPS) is 10.0. The smallest absolute Gasteiger partial charge is 0.252 e. The van der Waals surface area contributed by atoms with Gasteiger partial charge < -0.3 is 14.8 Å². The van der Waals surface area contributed by atoms with Crippen molar-refractivity contribution < 1.29 is 14.3 Å². The van der Waals surface area contributed by atoms with E-state index in [1.807, 2.05) is 42.5 Å². The molecule has 0 radical (unpaired) electrons. The number of halogens is 1. The predicted octanol–water partition coefficient (Wildman–Crippen LogP) is 3.11. The maximum Gasteiger partial charge on any atom is 0.252 e. The Morgan fingerprint density at radius 3 is 2.43 bits per heavy atom. The number of carbonyl (C=O) groups excluding carboxylic acids is 1. The number of ether oxygens (including phenoxy) is 2. The lowest BCUT2D eigenvalue weighted by atomic mass is 10.2. The van der Waals surface area contributed by atoms with Crippen LogP contribution in [0.15, 0.2) is 48.5 Å². The third-order valence-electron chi connectivity index (χ3n) is 2.83. The molecule has 2 aromatic rings. The Labute approximate surface area is 137 Å². The van der Waals surface area contributed by atoms with Crippen LogP contribution in [0.2, 0.25) is 0 Å². The van der Waals surface area contributed by atoms with Crippen molar-refractivity contribution >= 4 is 28.5 Å². The summed E-state index contributed by atoms with van der Waals surface area (Å²) >= 11 is 2.15. The van der Waals surface area contributed by atoms with Crippen LogP contribution < -0.4 is 14.8 Å². The predicted molar refractivity (Wildman–Crippen MR) is 90.0 cm³/mol. The fraction of sp³-hybridized carbons (Fsp3) is 0.188. The summed E-state index contributed by atoms with van der Waals surface area (Å²) in [6, 6.07) is 14.8. The number of rotatable bonds is 6. The number of hydrogen-bond donors (Lipinski definition) is 1. The molecule has 0 saturated carbocycles. The van der Waals surface area contributed by atoms with Gasteiger partial charge in [-0.25, -0.2) is 0 Å². The van der Waals surface area contributed by atoms with Crippen LogP contribution in [0.1, 0.15) is 10.4 Å². The molecule has 0 aliphatic rings. The quantitative estimate of drug-likeness (QED) is 0.602. The third-order valence-corrected chi connectivity index (χ3v) is 3.77. The zero-order valence-electron chi connectivity index (χ0n) is 11.6. The Balaban J connectivity index is 1.76. The maximum atomic E-state index is 12.0. The van der Waals surface area contributed by atoms with Gasteiger partial charge in [-0.05, 0) is 59.0 Å². The van der Waals surface area contributed by atoms with Gasteiger partial charge in [-0.3, -0.25) is 4.79 Å². The number of amides is 1. The van der Waals surface area contributed by atoms with Gasteiger partial charge in [0, 0.05) is 3.57 Å². The number of benzene rings is 2. The molecule has 0 heterocycles. The minimum Gasteiger partial charge on any atom is -0.497 e. The Hall–Kier alpha value is -1.76. The van der Waals surface area contributed by atoms with Crippen LogP contribution in [0.4, 0.5) is 0 Å². The molecule has 0 fully saturated rings. The van der Waals surface area contributed by atoms with Crippen LogP contribution >= 0.6 is 22.6 Å². The van der Waals surface area contributed by atoms with Gasteiger partial charge >= 0.3 is 0 Å². The molecule has 0 unspecified atom stereocenters. The highest BCUT2D eigenvalue weighted by molar-refractivity contribution is 14.1. The lowest BCUT2D eigenvalue weighted by Gasteiger charge is -2.09. The Kier molecular flexibility index (Phi) is 5.86. The van der Waals surface area contributed by atoms with Crippen molar-refractivity contribution in [2.45, 2.75) is 0 Å². The number of hydrogen-bond acceptors (Lipinski definition) is 3. The first kappa shape index (κ1) is 15.6. The molecule has 0 aliphatic heterocycles. The second-order valence-corrected chi connectivity index (χ2v) is 5.42. The summed E-state index contributed by atoms with van der Waals surface area (Å²) in [6.45, 7) is 0.872. The van der Waals surface area contributed by atoms with E-state index in [-0.39, 0.29) is 5.91 Å². The standard InChI is InChI=1S/C16H16INO3/c1-20-12-6-8-13(9-7-12)21-11-10-18-16(19)14-4-2-3-5-15(14)17/h2-9H,10-11H2,1H3,(H,18,19). The second-order valence-electron chi connectivity index (χ2n) is 4.26. The van der Waals surface area contributed by atoms with E-state index in [0.717, 1.165) is 15.1 Å². The van der Waals surface area contributed by atoms with E-state index in [9.17, 15) is 4.79 Å². The summed E-state index contributed by atoms with van der Waals surface area (Å²) in [6.07, 6.45) is 0. The van der Waals surface area contributed by atoms with Crippen molar-refractivity contribution in [1.29, 1.82) is 0 Å². The SMILES string of the molecule is COc1ccc(OCCNC(=O)c2ccccc2I)cc1. The first-order chi connectivity index (χ1) is 10.2. The lowest BCUT2D eigenvalue weighted by Crippen LogP contribution is -2.28. The van der Waals surface area contributed by atoms with Gasteiger partial charge in [0.05, 0.1) is 19.2 Å². The molecule has 0 atom stereocenters. The van der Waals surface area contributed by atoms with Crippen molar-refractivity contribution in [2.75, 3.05) is 20.3 Å². The summed E-state index contributed by atoms with van der Waals surface area (Å²) in [4.78, 5) is 12.0. The topological polar surface area (TPSA) is 47.6 Å². The van der Waals surface area contributed by atoms with E-state index in [1.54, 1.807) is 13.2 Å². The van der Waals surface area contributed by atoms with E-state index in [1.165, 1.54) is 0 Å². The molecule has 0 aromatic heterocycles. The van der Waals surface area contributed by atoms with E-state index < -0.39 is 0 Å². The summed E-state index contributed by atoms with van der Waals surface area (Å²) in [5.74, 6) is 1.45. The van der Waals surface area contributed by atoms with Gasteiger partial charge in [-0.2, -0.15) is 0 Å². The highest BCUT2D eigenvalue weighted by atomic mass is 127. The first-order valence-corrected chi connectivity index (χ1v) is 7.58. The first-order valence-electron chi connectivity index (χ1n) is 6.50. The Morgan fingerprint density at radius 1 is 1.10 bits per heavy atom. The van der Waals surface area contributed by atoms with Crippen LogP contribution in [0.5, 0.6) is 11.5 Å². The van der Waals surface area contributed by atoms with Crippen molar-refractivity contribution in [2.24, 2.45) is 0 Å². The molecule has 0 spiro atoms. The summed E-state index contributed by atoms with van der Waals surface area (Å²) < 4.78 is 11.6. The molecule has 0 bridgehead atoms. The number of carbonyl (C=O) groups is 1. The third kappa shape index (κ3) is 4.63. The highest BCUT2D eigenvalue weighted by Crippen LogP contribution is 2.16. The molecule has 0 saturated heterocycles. The van der Waals surface area contributed by atoms with Gasteiger partial charge in [-0.15, -0.1) is 0 Å². The average Bonchev–Trinajstić information content (AvgIpc) is 2.52. The van der Waals surface area contributed by atoms with Crippen molar-refractivity contribution in [3.63, 3.8) is 0 Å². The molecular weight excluding hydrogens is 381 g/mol. The van der Waals surface area contributed by atoms with Crippen molar-refractivity contribution in [3.05, 3.63) is 57.7 Å². The Morgan fingerprint density at radius 2 is 1.76 bits per heavy atom. The Bertz CT molecular complexity index is 599. The van der Waals surface area contributed by atoms with Crippen molar-refractivity contribution in [1.82, 2.24) is 5.32 Å². The highest BCUT2D eigenvalue weighted by Gasteiger charge is 2.07. The van der Waals surface area contributed by atoms with E-state index in [4.69, 9.17) is 9.47 Å². The molecule has 0 aliphatic carbocycles. The molecule has 21 heavy (non-hydrogen) atoms. The summed E-state index contributed by atoms with van der Waals surface area (Å²) in [7, 11) is 1.62. The minimum atomic E-state index is -0.0849. The molecule has 5 heteroatoms. The molecule has 2 aromatic carbocycles. The molecule has 1 N–H and O–H groups in total. The van der Waals surface area contributed by atoms with E-state index in [2.05, 4.69) is 27.9 Å². The van der Waals surface area contributed by atoms with Crippen LogP contribution in [0, 0.1) is 3.57 Å². The molecular formula is C16H16INO3. The van der Waals surface area contributed by atoms with Crippen LogP contribution in [0.25, 0.3) is 0 Å². The zero-order chi connectivity index (χ0) is 15.1. The monoisotopic (exact) mass is 397 g/mol. The minimum absolute atomic E-state index is 0.0849. The largest absolute Gasteiger partial charge is 0.497 e. The van der Waals surface area contributed by atoms with Crippen LogP contribution in [-0.4, -0.2) is 26.2 Å². The zero-order valence-corrected chi connectivity index (χ0v) is 13.8. The molecule has 1 amide bonds. The van der Waals surface area contributed by atoms with Crippen LogP contribution in [0.3, 0.4) is 0 Å². The van der Waals surface area contributed by atoms with E-state index >= 15 is 0 Å². The van der Waals surface area contributed by atoms with Gasteiger partial charge in [0.25, 0.3) is 5.91 Å². The fourth-order valence-corrected chi connectivity index (χ4v) is 2.38. The van der Waals surface area contributed by atoms with Gasteiger partial charge in [0.2, 0.25) is 0 Å². The summed E-state index contributed by atoms with van der Waals surface area (Å²) in [5.41, 5.74) is 0.683. The second kappa shape index (κ2) is 7.87. The van der Waals surface area contributed by atoms with Gasteiger partial charge in [0.1, 0.15) is 18.1 Å². The van der Waals surface area contributed by atoms with E-state index in [0.29, 0.717) is 18.7 Å². The molecule has 4 nitrogen and oxygen atoms in total. The summed E-state index contributed by atoms with van der Waals surface area (Å²) in [5, 5.41) is 2.84. The maximum absolute atomic E-state index is 12.0. The van der Waals surface area contributed by atoms with Gasteiger partial charge in [-0.1, -0.05) is 12.1 Å². The molecule has 110 valence electrons. The fourth-order valence-electron chi connectivity index (χ4n) is 1.75. The number of nitrogens with one attached hydrogen (secondary N) is 1. The molecule has 2 rings (SSSR count).